The van der Waals surface area contributed by atoms with Crippen LogP contribution in [0.2, 0.25) is 0 Å². The largest absolute Gasteiger partial charge is 0.487 e. The maximum absolute atomic E-state index is 5.85. The second-order valence-electron chi connectivity index (χ2n) is 5.55. The highest BCUT2D eigenvalue weighted by atomic mass is 32.1. The molecule has 0 saturated carbocycles. The number of hydrogen-bond donors (Lipinski definition) is 1. The van der Waals surface area contributed by atoms with E-state index in [4.69, 9.17) is 22.7 Å². The number of nitrogens with two attached hydrogens (primary N) is 1. The molecular formula is C15H25N3OS. The summed E-state index contributed by atoms with van der Waals surface area (Å²) in [5.41, 5.74) is 5.62. The number of anilines is 1. The van der Waals surface area contributed by atoms with E-state index in [1.165, 1.54) is 0 Å². The zero-order valence-electron chi connectivity index (χ0n) is 12.8. The van der Waals surface area contributed by atoms with Crippen molar-refractivity contribution in [3.05, 3.63) is 18.3 Å². The van der Waals surface area contributed by atoms with Crippen molar-refractivity contribution in [2.75, 3.05) is 18.0 Å². The lowest BCUT2D eigenvalue weighted by Crippen LogP contribution is -2.32. The Hall–Kier alpha value is -1.36. The lowest BCUT2D eigenvalue weighted by Gasteiger charge is -2.27. The van der Waals surface area contributed by atoms with Crippen LogP contribution in [0.5, 0.6) is 5.75 Å². The van der Waals surface area contributed by atoms with Crippen LogP contribution < -0.4 is 15.4 Å². The van der Waals surface area contributed by atoms with Crippen molar-refractivity contribution in [2.45, 2.75) is 40.2 Å². The third-order valence-corrected chi connectivity index (χ3v) is 2.83. The van der Waals surface area contributed by atoms with Crippen molar-refractivity contribution in [1.82, 2.24) is 4.98 Å². The monoisotopic (exact) mass is 295 g/mol. The van der Waals surface area contributed by atoms with Gasteiger partial charge in [0.05, 0.1) is 11.1 Å². The van der Waals surface area contributed by atoms with Gasteiger partial charge < -0.3 is 15.4 Å². The standard InChI is InChI=1S/C15H25N3OS/c1-11(2)10-18(9-7-14(16)20)15-13(19-12(3)4)6-5-8-17-15/h5-6,8,11-12H,7,9-10H2,1-4H3,(H2,16,20). The summed E-state index contributed by atoms with van der Waals surface area (Å²) in [5.74, 6) is 2.20. The summed E-state index contributed by atoms with van der Waals surface area (Å²) in [5, 5.41) is 0. The molecule has 112 valence electrons. The molecule has 20 heavy (non-hydrogen) atoms. The molecule has 1 rings (SSSR count). The highest BCUT2D eigenvalue weighted by molar-refractivity contribution is 7.80. The Morgan fingerprint density at radius 1 is 1.40 bits per heavy atom. The van der Waals surface area contributed by atoms with Gasteiger partial charge in [-0.3, -0.25) is 0 Å². The Kier molecular flexibility index (Phi) is 6.71. The fraction of sp³-hybridized carbons (Fsp3) is 0.600. The first kappa shape index (κ1) is 16.7. The topological polar surface area (TPSA) is 51.4 Å². The van der Waals surface area contributed by atoms with Gasteiger partial charge in [-0.05, 0) is 31.9 Å². The third kappa shape index (κ3) is 5.74. The minimum atomic E-state index is 0.120. The molecule has 2 N–H and O–H groups in total. The van der Waals surface area contributed by atoms with Crippen LogP contribution in [0.3, 0.4) is 0 Å². The van der Waals surface area contributed by atoms with Crippen LogP contribution in [-0.2, 0) is 0 Å². The van der Waals surface area contributed by atoms with Crippen molar-refractivity contribution < 1.29 is 4.74 Å². The number of rotatable bonds is 8. The zero-order valence-corrected chi connectivity index (χ0v) is 13.6. The molecule has 4 nitrogen and oxygen atoms in total. The fourth-order valence-electron chi connectivity index (χ4n) is 1.94. The van der Waals surface area contributed by atoms with E-state index in [0.717, 1.165) is 24.7 Å². The highest BCUT2D eigenvalue weighted by Gasteiger charge is 2.16. The summed E-state index contributed by atoms with van der Waals surface area (Å²) >= 11 is 4.98. The van der Waals surface area contributed by atoms with Gasteiger partial charge in [0.25, 0.3) is 0 Å². The smallest absolute Gasteiger partial charge is 0.171 e. The minimum absolute atomic E-state index is 0.120. The van der Waals surface area contributed by atoms with Crippen molar-refractivity contribution in [3.63, 3.8) is 0 Å². The van der Waals surface area contributed by atoms with E-state index in [0.29, 0.717) is 17.3 Å². The molecule has 0 aromatic carbocycles. The maximum atomic E-state index is 5.85. The molecule has 0 fully saturated rings. The van der Waals surface area contributed by atoms with Crippen molar-refractivity contribution >= 4 is 23.0 Å². The van der Waals surface area contributed by atoms with Gasteiger partial charge in [0.15, 0.2) is 11.6 Å². The molecule has 5 heteroatoms. The number of nitrogens with zero attached hydrogens (tertiary/aromatic N) is 2. The van der Waals surface area contributed by atoms with Gasteiger partial charge in [-0.1, -0.05) is 26.1 Å². The van der Waals surface area contributed by atoms with Gasteiger partial charge in [0.1, 0.15) is 0 Å². The molecule has 0 aliphatic carbocycles. The quantitative estimate of drug-likeness (QED) is 0.747. The van der Waals surface area contributed by atoms with Crippen molar-refractivity contribution in [3.8, 4) is 5.75 Å². The molecule has 0 aliphatic heterocycles. The number of aromatic nitrogens is 1. The number of hydrogen-bond acceptors (Lipinski definition) is 4. The Labute approximate surface area is 127 Å². The average Bonchev–Trinajstić information content (AvgIpc) is 2.34. The number of pyridine rings is 1. The first-order valence-electron chi connectivity index (χ1n) is 7.05. The average molecular weight is 295 g/mol. The van der Waals surface area contributed by atoms with E-state index >= 15 is 0 Å². The summed E-state index contributed by atoms with van der Waals surface area (Å²) in [4.78, 5) is 7.20. The molecule has 0 radical (unpaired) electrons. The molecule has 0 amide bonds. The minimum Gasteiger partial charge on any atom is -0.487 e. The van der Waals surface area contributed by atoms with Crippen molar-refractivity contribution in [2.24, 2.45) is 11.7 Å². The van der Waals surface area contributed by atoms with Crippen LogP contribution in [0.1, 0.15) is 34.1 Å². The van der Waals surface area contributed by atoms with Gasteiger partial charge in [-0.2, -0.15) is 0 Å². The first-order valence-corrected chi connectivity index (χ1v) is 7.46. The Balaban J connectivity index is 2.96. The molecule has 0 atom stereocenters. The molecule has 0 bridgehead atoms. The molecule has 0 saturated heterocycles. The Morgan fingerprint density at radius 3 is 2.65 bits per heavy atom. The summed E-state index contributed by atoms with van der Waals surface area (Å²) in [6.07, 6.45) is 2.59. The molecule has 0 spiro atoms. The van der Waals surface area contributed by atoms with Crippen LogP contribution >= 0.6 is 12.2 Å². The SMILES string of the molecule is CC(C)CN(CCC(N)=S)c1ncccc1OC(C)C. The van der Waals surface area contributed by atoms with E-state index in [1.807, 2.05) is 26.0 Å². The second kappa shape index (κ2) is 8.04. The van der Waals surface area contributed by atoms with Crippen molar-refractivity contribution in [1.29, 1.82) is 0 Å². The van der Waals surface area contributed by atoms with Gasteiger partial charge >= 0.3 is 0 Å². The fourth-order valence-corrected chi connectivity index (χ4v) is 2.03. The predicted octanol–water partition coefficient (Wildman–Crippen LogP) is 3.01. The molecule has 1 heterocycles. The lowest BCUT2D eigenvalue weighted by molar-refractivity contribution is 0.242. The highest BCUT2D eigenvalue weighted by Crippen LogP contribution is 2.27. The summed E-state index contributed by atoms with van der Waals surface area (Å²) < 4.78 is 5.85. The normalized spacial score (nSPS) is 10.9. The van der Waals surface area contributed by atoms with Gasteiger partial charge in [-0.25, -0.2) is 4.98 Å². The van der Waals surface area contributed by atoms with E-state index in [2.05, 4.69) is 23.7 Å². The maximum Gasteiger partial charge on any atom is 0.171 e. The first-order chi connectivity index (χ1) is 9.40. The van der Waals surface area contributed by atoms with Crippen LogP contribution in [0, 0.1) is 5.92 Å². The number of thiocarbonyl (C=S) groups is 1. The van der Waals surface area contributed by atoms with Crippen LogP contribution in [0.25, 0.3) is 0 Å². The van der Waals surface area contributed by atoms with E-state index in [-0.39, 0.29) is 6.10 Å². The van der Waals surface area contributed by atoms with Crippen LogP contribution in [0.15, 0.2) is 18.3 Å². The predicted molar refractivity (Wildman–Crippen MR) is 88.5 cm³/mol. The van der Waals surface area contributed by atoms with Gasteiger partial charge in [0.2, 0.25) is 0 Å². The summed E-state index contributed by atoms with van der Waals surface area (Å²) in [6.45, 7) is 10.0. The summed E-state index contributed by atoms with van der Waals surface area (Å²) in [6, 6.07) is 3.85. The van der Waals surface area contributed by atoms with Crippen LogP contribution in [0.4, 0.5) is 5.82 Å². The Morgan fingerprint density at radius 2 is 2.10 bits per heavy atom. The zero-order chi connectivity index (χ0) is 15.1. The van der Waals surface area contributed by atoms with Gasteiger partial charge in [-0.15, -0.1) is 0 Å². The van der Waals surface area contributed by atoms with E-state index in [1.54, 1.807) is 6.20 Å². The number of ether oxygens (including phenoxy) is 1. The molecular weight excluding hydrogens is 270 g/mol. The molecule has 1 aromatic heterocycles. The Bertz CT molecular complexity index is 435. The van der Waals surface area contributed by atoms with Gasteiger partial charge in [0, 0.05) is 25.7 Å². The molecule has 1 aromatic rings. The third-order valence-electron chi connectivity index (χ3n) is 2.63. The lowest BCUT2D eigenvalue weighted by atomic mass is 10.2. The van der Waals surface area contributed by atoms with Crippen LogP contribution in [-0.4, -0.2) is 29.2 Å². The van der Waals surface area contributed by atoms with E-state index in [9.17, 15) is 0 Å². The molecule has 0 unspecified atom stereocenters. The second-order valence-corrected chi connectivity index (χ2v) is 6.07. The van der Waals surface area contributed by atoms with E-state index < -0.39 is 0 Å². The summed E-state index contributed by atoms with van der Waals surface area (Å²) in [7, 11) is 0. The molecule has 0 aliphatic rings.